The fourth-order valence-corrected chi connectivity index (χ4v) is 3.30. The van der Waals surface area contributed by atoms with Crippen molar-refractivity contribution in [3.63, 3.8) is 0 Å². The first-order valence-corrected chi connectivity index (χ1v) is 9.12. The van der Waals surface area contributed by atoms with E-state index >= 15 is 0 Å². The van der Waals surface area contributed by atoms with Crippen LogP contribution in [-0.4, -0.2) is 23.9 Å². The zero-order valence-electron chi connectivity index (χ0n) is 14.7. The first-order chi connectivity index (χ1) is 9.56. The lowest BCUT2D eigenvalue weighted by Gasteiger charge is -2.23. The second-order valence-electron chi connectivity index (χ2n) is 7.32. The standard InChI is InChI=1S/C19H38N/c1-6-16(3)8-10-19-13-12-18(7-2)11-9-17(4)20(5)15-14-19/h15-19H,6-14H2,1-5H3/q+1. The molecule has 4 unspecified atom stereocenters. The molecule has 0 aromatic heterocycles. The highest BCUT2D eigenvalue weighted by Gasteiger charge is 2.19. The average Bonchev–Trinajstić information content (AvgIpc) is 2.47. The topological polar surface area (TPSA) is 3.01 Å². The highest BCUT2D eigenvalue weighted by molar-refractivity contribution is 5.51. The van der Waals surface area contributed by atoms with E-state index in [1.54, 1.807) is 0 Å². The minimum atomic E-state index is 0.720. The highest BCUT2D eigenvalue weighted by Crippen LogP contribution is 2.27. The Bertz CT molecular complexity index is 281. The Balaban J connectivity index is 2.60. The van der Waals surface area contributed by atoms with Crippen molar-refractivity contribution in [3.8, 4) is 0 Å². The van der Waals surface area contributed by atoms with E-state index in [0.717, 1.165) is 23.8 Å². The first kappa shape index (κ1) is 17.7. The molecule has 1 heteroatoms. The van der Waals surface area contributed by atoms with Gasteiger partial charge in [-0.15, -0.1) is 0 Å². The lowest BCUT2D eigenvalue weighted by molar-refractivity contribution is -0.532. The van der Waals surface area contributed by atoms with E-state index in [4.69, 9.17) is 0 Å². The molecule has 1 nitrogen and oxygen atoms in total. The molecule has 20 heavy (non-hydrogen) atoms. The first-order valence-electron chi connectivity index (χ1n) is 9.12. The third-order valence-corrected chi connectivity index (χ3v) is 5.74. The maximum absolute atomic E-state index is 2.48. The molecule has 0 bridgehead atoms. The van der Waals surface area contributed by atoms with Gasteiger partial charge in [-0.2, -0.15) is 0 Å². The van der Waals surface area contributed by atoms with Gasteiger partial charge in [-0.05, 0) is 43.9 Å². The van der Waals surface area contributed by atoms with Gasteiger partial charge in [-0.1, -0.05) is 46.5 Å². The predicted octanol–water partition coefficient (Wildman–Crippen LogP) is 5.52. The van der Waals surface area contributed by atoms with Crippen LogP contribution in [0.1, 0.15) is 85.5 Å². The monoisotopic (exact) mass is 280 g/mol. The smallest absolute Gasteiger partial charge is 0.149 e. The summed E-state index contributed by atoms with van der Waals surface area (Å²) < 4.78 is 2.48. The summed E-state index contributed by atoms with van der Waals surface area (Å²) in [5, 5.41) is 0. The second kappa shape index (κ2) is 9.58. The molecule has 0 aromatic rings. The Hall–Kier alpha value is -0.330. The summed E-state index contributed by atoms with van der Waals surface area (Å²) >= 11 is 0. The molecular formula is C19H38N+. The molecule has 0 aromatic carbocycles. The van der Waals surface area contributed by atoms with Crippen molar-refractivity contribution in [2.75, 3.05) is 7.05 Å². The van der Waals surface area contributed by atoms with Gasteiger partial charge < -0.3 is 0 Å². The second-order valence-corrected chi connectivity index (χ2v) is 7.32. The molecule has 0 amide bonds. The molecule has 0 saturated carbocycles. The number of rotatable bonds is 5. The maximum Gasteiger partial charge on any atom is 0.149 e. The third-order valence-electron chi connectivity index (χ3n) is 5.74. The lowest BCUT2D eigenvalue weighted by atomic mass is 9.84. The molecule has 1 aliphatic heterocycles. The zero-order valence-corrected chi connectivity index (χ0v) is 14.7. The van der Waals surface area contributed by atoms with Gasteiger partial charge in [0, 0.05) is 12.8 Å². The quantitative estimate of drug-likeness (QED) is 0.583. The SMILES string of the molecule is CCC(C)CCC1CC=[N+](C)C(C)CCC(CC)CC1. The van der Waals surface area contributed by atoms with Gasteiger partial charge in [0.2, 0.25) is 0 Å². The van der Waals surface area contributed by atoms with E-state index in [1.807, 2.05) is 0 Å². The van der Waals surface area contributed by atoms with Gasteiger partial charge in [0.25, 0.3) is 0 Å². The molecule has 1 rings (SSSR count). The minimum absolute atomic E-state index is 0.720. The van der Waals surface area contributed by atoms with Gasteiger partial charge in [0.15, 0.2) is 0 Å². The maximum atomic E-state index is 2.48. The molecule has 4 atom stereocenters. The Morgan fingerprint density at radius 3 is 2.40 bits per heavy atom. The van der Waals surface area contributed by atoms with Crippen molar-refractivity contribution in [3.05, 3.63) is 0 Å². The van der Waals surface area contributed by atoms with Crippen molar-refractivity contribution >= 4 is 6.21 Å². The van der Waals surface area contributed by atoms with Crippen LogP contribution in [0.3, 0.4) is 0 Å². The molecule has 0 N–H and O–H groups in total. The summed E-state index contributed by atoms with van der Waals surface area (Å²) in [6.07, 6.45) is 15.1. The van der Waals surface area contributed by atoms with E-state index in [9.17, 15) is 0 Å². The zero-order chi connectivity index (χ0) is 15.0. The van der Waals surface area contributed by atoms with Crippen LogP contribution in [0.15, 0.2) is 0 Å². The van der Waals surface area contributed by atoms with Crippen molar-refractivity contribution in [2.45, 2.75) is 91.5 Å². The van der Waals surface area contributed by atoms with Gasteiger partial charge in [0.1, 0.15) is 19.3 Å². The van der Waals surface area contributed by atoms with Crippen molar-refractivity contribution in [1.82, 2.24) is 0 Å². The Kier molecular flexibility index (Phi) is 8.49. The molecule has 1 heterocycles. The fraction of sp³-hybridized carbons (Fsp3) is 0.947. The Labute approximate surface area is 127 Å². The Morgan fingerprint density at radius 1 is 1.10 bits per heavy atom. The number of nitrogens with zero attached hydrogens (tertiary/aromatic N) is 1. The predicted molar refractivity (Wildman–Crippen MR) is 90.8 cm³/mol. The van der Waals surface area contributed by atoms with Crippen LogP contribution in [0.2, 0.25) is 0 Å². The van der Waals surface area contributed by atoms with Gasteiger partial charge in [-0.3, -0.25) is 0 Å². The van der Waals surface area contributed by atoms with E-state index in [0.29, 0.717) is 0 Å². The van der Waals surface area contributed by atoms with E-state index in [2.05, 4.69) is 45.5 Å². The summed E-state index contributed by atoms with van der Waals surface area (Å²) in [6, 6.07) is 0.720. The summed E-state index contributed by atoms with van der Waals surface area (Å²) in [5.41, 5.74) is 0. The molecule has 1 aliphatic rings. The summed E-state index contributed by atoms with van der Waals surface area (Å²) in [6.45, 7) is 9.50. The molecule has 0 saturated heterocycles. The molecule has 0 radical (unpaired) electrons. The van der Waals surface area contributed by atoms with E-state index in [-0.39, 0.29) is 0 Å². The highest BCUT2D eigenvalue weighted by atomic mass is 15.0. The molecule has 0 aliphatic carbocycles. The van der Waals surface area contributed by atoms with Crippen LogP contribution in [0.25, 0.3) is 0 Å². The Morgan fingerprint density at radius 2 is 1.75 bits per heavy atom. The van der Waals surface area contributed by atoms with Crippen LogP contribution in [-0.2, 0) is 0 Å². The average molecular weight is 281 g/mol. The van der Waals surface area contributed by atoms with Gasteiger partial charge in [-0.25, -0.2) is 4.58 Å². The molecule has 0 spiro atoms. The molecular weight excluding hydrogens is 242 g/mol. The fourth-order valence-electron chi connectivity index (χ4n) is 3.30. The molecule has 118 valence electrons. The molecule has 0 fully saturated rings. The van der Waals surface area contributed by atoms with E-state index < -0.39 is 0 Å². The van der Waals surface area contributed by atoms with Crippen LogP contribution in [0.4, 0.5) is 0 Å². The summed E-state index contributed by atoms with van der Waals surface area (Å²) in [5.74, 6) is 2.80. The third kappa shape index (κ3) is 6.41. The minimum Gasteiger partial charge on any atom is -0.240 e. The van der Waals surface area contributed by atoms with Crippen molar-refractivity contribution in [1.29, 1.82) is 0 Å². The summed E-state index contributed by atoms with van der Waals surface area (Å²) in [4.78, 5) is 0. The van der Waals surface area contributed by atoms with Crippen LogP contribution >= 0.6 is 0 Å². The van der Waals surface area contributed by atoms with Crippen LogP contribution < -0.4 is 0 Å². The van der Waals surface area contributed by atoms with E-state index in [1.165, 1.54) is 57.8 Å². The van der Waals surface area contributed by atoms with Crippen LogP contribution in [0, 0.1) is 17.8 Å². The lowest BCUT2D eigenvalue weighted by Crippen LogP contribution is -2.24. The van der Waals surface area contributed by atoms with Crippen LogP contribution in [0.5, 0.6) is 0 Å². The van der Waals surface area contributed by atoms with Gasteiger partial charge in [0.05, 0.1) is 0 Å². The van der Waals surface area contributed by atoms with Crippen molar-refractivity contribution in [2.24, 2.45) is 17.8 Å². The summed E-state index contributed by atoms with van der Waals surface area (Å²) in [7, 11) is 2.28. The largest absolute Gasteiger partial charge is 0.240 e. The number of hydrogen-bond acceptors (Lipinski definition) is 0. The van der Waals surface area contributed by atoms with Crippen molar-refractivity contribution < 1.29 is 4.58 Å². The normalized spacial score (nSPS) is 30.6. The van der Waals surface area contributed by atoms with Gasteiger partial charge >= 0.3 is 0 Å². The number of hydrogen-bond donors (Lipinski definition) is 0.